The normalized spacial score (nSPS) is 11.3. The zero-order valence-electron chi connectivity index (χ0n) is 10.4. The fourth-order valence-electron chi connectivity index (χ4n) is 1.63. The minimum Gasteiger partial charge on any atom is -0.424 e. The quantitative estimate of drug-likeness (QED) is 0.688. The Morgan fingerprint density at radius 1 is 1.35 bits per heavy atom. The molecule has 8 heteroatoms. The number of aryl methyl sites for hydroxylation is 1. The van der Waals surface area contributed by atoms with E-state index in [9.17, 15) is 0 Å². The van der Waals surface area contributed by atoms with Crippen LogP contribution in [0.15, 0.2) is 29.3 Å². The number of pyridine rings is 1. The Hall–Kier alpha value is -2.54. The molecule has 0 radical (unpaired) electrons. The van der Waals surface area contributed by atoms with Gasteiger partial charge in [-0.3, -0.25) is 0 Å². The average Bonchev–Trinajstić information content (AvgIpc) is 3.07. The summed E-state index contributed by atoms with van der Waals surface area (Å²) in [5, 5.41) is 12.0. The van der Waals surface area contributed by atoms with Crippen LogP contribution >= 0.6 is 11.6 Å². The lowest BCUT2D eigenvalue weighted by atomic mass is 10.2. The molecule has 0 fully saturated rings. The summed E-state index contributed by atoms with van der Waals surface area (Å²) in [7, 11) is 0. The molecule has 0 atom stereocenters. The molecule has 0 saturated heterocycles. The van der Waals surface area contributed by atoms with Crippen LogP contribution in [-0.2, 0) is 0 Å². The number of hydrogen-bond acceptors (Lipinski definition) is 6. The molecule has 0 aromatic carbocycles. The van der Waals surface area contributed by atoms with E-state index in [1.54, 1.807) is 29.4 Å². The average molecular weight is 289 g/mol. The molecule has 0 aliphatic rings. The molecule has 0 saturated carbocycles. The van der Waals surface area contributed by atoms with E-state index in [1.807, 2.05) is 13.0 Å². The SMILES string of the molecule is Cc1cc(-c2ncn(/C=C\c3nnco3)n2)cc(Cl)n1. The molecular weight excluding hydrogens is 280 g/mol. The van der Waals surface area contributed by atoms with Crippen molar-refractivity contribution >= 4 is 23.9 Å². The molecule has 0 N–H and O–H groups in total. The lowest BCUT2D eigenvalue weighted by Crippen LogP contribution is -1.89. The van der Waals surface area contributed by atoms with Gasteiger partial charge in [-0.15, -0.1) is 15.3 Å². The largest absolute Gasteiger partial charge is 0.424 e. The minimum absolute atomic E-state index is 0.393. The number of nitrogens with zero attached hydrogens (tertiary/aromatic N) is 6. The first-order valence-electron chi connectivity index (χ1n) is 5.71. The van der Waals surface area contributed by atoms with Gasteiger partial charge in [0.25, 0.3) is 0 Å². The number of hydrogen-bond donors (Lipinski definition) is 0. The first-order valence-corrected chi connectivity index (χ1v) is 6.08. The van der Waals surface area contributed by atoms with Crippen LogP contribution in [0.5, 0.6) is 0 Å². The van der Waals surface area contributed by atoms with Gasteiger partial charge >= 0.3 is 0 Å². The van der Waals surface area contributed by atoms with Gasteiger partial charge in [-0.25, -0.2) is 14.6 Å². The molecule has 0 spiro atoms. The predicted octanol–water partition coefficient (Wildman–Crippen LogP) is 2.31. The van der Waals surface area contributed by atoms with E-state index in [2.05, 4.69) is 25.3 Å². The lowest BCUT2D eigenvalue weighted by Gasteiger charge is -1.98. The third-order valence-corrected chi connectivity index (χ3v) is 2.63. The van der Waals surface area contributed by atoms with Crippen molar-refractivity contribution < 1.29 is 4.42 Å². The molecule has 0 amide bonds. The number of rotatable bonds is 3. The molecule has 3 heterocycles. The smallest absolute Gasteiger partial charge is 0.241 e. The first kappa shape index (κ1) is 12.5. The summed E-state index contributed by atoms with van der Waals surface area (Å²) in [4.78, 5) is 8.31. The second kappa shape index (κ2) is 5.22. The summed E-state index contributed by atoms with van der Waals surface area (Å²) in [5.41, 5.74) is 1.62. The highest BCUT2D eigenvalue weighted by Crippen LogP contribution is 2.19. The van der Waals surface area contributed by atoms with Crippen molar-refractivity contribution in [1.29, 1.82) is 0 Å². The Morgan fingerprint density at radius 3 is 3.00 bits per heavy atom. The summed E-state index contributed by atoms with van der Waals surface area (Å²) in [5.74, 6) is 0.956. The molecule has 0 unspecified atom stereocenters. The van der Waals surface area contributed by atoms with Crippen molar-refractivity contribution in [2.75, 3.05) is 0 Å². The maximum Gasteiger partial charge on any atom is 0.241 e. The molecule has 7 nitrogen and oxygen atoms in total. The molecule has 0 bridgehead atoms. The van der Waals surface area contributed by atoms with E-state index in [0.29, 0.717) is 16.9 Å². The Kier molecular flexibility index (Phi) is 3.26. The van der Waals surface area contributed by atoms with Crippen LogP contribution < -0.4 is 0 Å². The van der Waals surface area contributed by atoms with Crippen LogP contribution in [0.4, 0.5) is 0 Å². The zero-order valence-corrected chi connectivity index (χ0v) is 11.2. The topological polar surface area (TPSA) is 82.5 Å². The van der Waals surface area contributed by atoms with Gasteiger partial charge in [0, 0.05) is 23.5 Å². The van der Waals surface area contributed by atoms with Gasteiger partial charge < -0.3 is 4.42 Å². The van der Waals surface area contributed by atoms with Crippen LogP contribution in [-0.4, -0.2) is 29.9 Å². The van der Waals surface area contributed by atoms with Crippen molar-refractivity contribution in [3.05, 3.63) is 41.6 Å². The number of halogens is 1. The van der Waals surface area contributed by atoms with Crippen molar-refractivity contribution in [2.24, 2.45) is 0 Å². The Bertz CT molecular complexity index is 729. The van der Waals surface area contributed by atoms with E-state index in [4.69, 9.17) is 16.0 Å². The maximum atomic E-state index is 5.92. The van der Waals surface area contributed by atoms with E-state index < -0.39 is 0 Å². The highest BCUT2D eigenvalue weighted by atomic mass is 35.5. The van der Waals surface area contributed by atoms with Crippen LogP contribution in [0.2, 0.25) is 5.15 Å². The van der Waals surface area contributed by atoms with Gasteiger partial charge in [-0.2, -0.15) is 0 Å². The summed E-state index contributed by atoms with van der Waals surface area (Å²) < 4.78 is 6.53. The van der Waals surface area contributed by atoms with E-state index in [0.717, 1.165) is 11.3 Å². The van der Waals surface area contributed by atoms with E-state index >= 15 is 0 Å². The Morgan fingerprint density at radius 2 is 2.25 bits per heavy atom. The summed E-state index contributed by atoms with van der Waals surface area (Å²) in [6, 6.07) is 3.59. The number of aromatic nitrogens is 6. The second-order valence-electron chi connectivity index (χ2n) is 3.96. The van der Waals surface area contributed by atoms with Crippen LogP contribution in [0, 0.1) is 6.92 Å². The summed E-state index contributed by atoms with van der Waals surface area (Å²) >= 11 is 5.92. The Balaban J connectivity index is 1.86. The highest BCUT2D eigenvalue weighted by molar-refractivity contribution is 6.29. The van der Waals surface area contributed by atoms with Crippen LogP contribution in [0.1, 0.15) is 11.6 Å². The van der Waals surface area contributed by atoms with Gasteiger partial charge in [0.15, 0.2) is 5.82 Å². The summed E-state index contributed by atoms with van der Waals surface area (Å²) in [6.45, 7) is 1.86. The van der Waals surface area contributed by atoms with Gasteiger partial charge in [-0.1, -0.05) is 11.6 Å². The van der Waals surface area contributed by atoms with Gasteiger partial charge in [0.2, 0.25) is 12.3 Å². The predicted molar refractivity (Wildman–Crippen MR) is 72.5 cm³/mol. The Labute approximate surface area is 119 Å². The zero-order chi connectivity index (χ0) is 13.9. The van der Waals surface area contributed by atoms with Crippen molar-refractivity contribution in [3.63, 3.8) is 0 Å². The highest BCUT2D eigenvalue weighted by Gasteiger charge is 2.06. The van der Waals surface area contributed by atoms with Gasteiger partial charge in [-0.05, 0) is 19.1 Å². The van der Waals surface area contributed by atoms with Crippen LogP contribution in [0.25, 0.3) is 23.7 Å². The first-order chi connectivity index (χ1) is 9.70. The van der Waals surface area contributed by atoms with Crippen molar-refractivity contribution in [3.8, 4) is 11.4 Å². The molecule has 0 aliphatic carbocycles. The molecule has 3 aromatic heterocycles. The van der Waals surface area contributed by atoms with Gasteiger partial charge in [0.1, 0.15) is 11.5 Å². The van der Waals surface area contributed by atoms with Crippen molar-refractivity contribution in [1.82, 2.24) is 29.9 Å². The fourth-order valence-corrected chi connectivity index (χ4v) is 1.88. The lowest BCUT2D eigenvalue weighted by molar-refractivity contribution is 0.542. The van der Waals surface area contributed by atoms with E-state index in [1.165, 1.54) is 6.39 Å². The third kappa shape index (κ3) is 2.72. The molecule has 3 rings (SSSR count). The van der Waals surface area contributed by atoms with E-state index in [-0.39, 0.29) is 0 Å². The molecule has 0 aliphatic heterocycles. The molecular formula is C12H9ClN6O. The van der Waals surface area contributed by atoms with Crippen molar-refractivity contribution in [2.45, 2.75) is 6.92 Å². The molecule has 20 heavy (non-hydrogen) atoms. The summed E-state index contributed by atoms with van der Waals surface area (Å²) in [6.07, 6.45) is 6.13. The third-order valence-electron chi connectivity index (χ3n) is 2.44. The minimum atomic E-state index is 0.393. The molecule has 3 aromatic rings. The standard InChI is InChI=1S/C12H9ClN6O/c1-8-4-9(5-10(13)16-8)12-14-6-19(18-12)3-2-11-17-15-7-20-11/h2-7H,1H3/b3-2-. The maximum absolute atomic E-state index is 5.92. The second-order valence-corrected chi connectivity index (χ2v) is 4.35. The van der Waals surface area contributed by atoms with Gasteiger partial charge in [0.05, 0.1) is 0 Å². The molecule has 100 valence electrons. The van der Waals surface area contributed by atoms with Crippen LogP contribution in [0.3, 0.4) is 0 Å². The monoisotopic (exact) mass is 288 g/mol. The fraction of sp³-hybridized carbons (Fsp3) is 0.0833.